The zero-order valence-electron chi connectivity index (χ0n) is 25.3. The van der Waals surface area contributed by atoms with Crippen molar-refractivity contribution in [2.24, 2.45) is 5.41 Å². The van der Waals surface area contributed by atoms with Crippen LogP contribution in [0.1, 0.15) is 33.3 Å². The molecule has 0 saturated carbocycles. The smallest absolute Gasteiger partial charge is 0.125 e. The summed E-state index contributed by atoms with van der Waals surface area (Å²) in [6.45, 7) is 21.2. The number of nitrogens with zero attached hydrogens (tertiary/aromatic N) is 2. The molecule has 2 heterocycles. The standard InChI is InChI=1S/C33H40N2SSi2/c1-22-29-31(36-32(22)38(8,9)26-16-14-23(15-17-26)20-33(2,3)4)30(35-21-34-29)25-18-24-12-10-11-13-27(24)28(19-25)37(5,6)7/h10-19,21H,20H2,1-9H3/i21D. The molecule has 0 saturated heterocycles. The maximum Gasteiger partial charge on any atom is 0.125 e. The van der Waals surface area contributed by atoms with Gasteiger partial charge in [0.2, 0.25) is 0 Å². The van der Waals surface area contributed by atoms with Crippen LogP contribution in [0.2, 0.25) is 32.7 Å². The van der Waals surface area contributed by atoms with Gasteiger partial charge < -0.3 is 0 Å². The largest absolute Gasteiger partial charge is 0.235 e. The molecule has 0 aliphatic heterocycles. The highest BCUT2D eigenvalue weighted by molar-refractivity contribution is 7.34. The summed E-state index contributed by atoms with van der Waals surface area (Å²) in [7, 11) is -3.62. The van der Waals surface area contributed by atoms with E-state index in [0.717, 1.165) is 27.9 Å². The molecular formula is C33H40N2SSi2. The van der Waals surface area contributed by atoms with Crippen LogP contribution in [-0.2, 0) is 6.42 Å². The molecule has 0 atom stereocenters. The van der Waals surface area contributed by atoms with E-state index in [1.54, 1.807) is 0 Å². The van der Waals surface area contributed by atoms with E-state index in [0.29, 0.717) is 0 Å². The van der Waals surface area contributed by atoms with Crippen LogP contribution >= 0.6 is 11.3 Å². The maximum atomic E-state index is 8.53. The Morgan fingerprint density at radius 1 is 0.895 bits per heavy atom. The van der Waals surface area contributed by atoms with Gasteiger partial charge in [-0.25, -0.2) is 9.97 Å². The topological polar surface area (TPSA) is 25.8 Å². The first-order valence-electron chi connectivity index (χ1n) is 14.1. The van der Waals surface area contributed by atoms with E-state index in [-0.39, 0.29) is 11.7 Å². The predicted octanol–water partition coefficient (Wildman–Crippen LogP) is 7.78. The van der Waals surface area contributed by atoms with Crippen LogP contribution in [-0.4, -0.2) is 26.1 Å². The molecule has 5 rings (SSSR count). The summed E-state index contributed by atoms with van der Waals surface area (Å²) in [6.07, 6.45) is 1.17. The van der Waals surface area contributed by atoms with Crippen LogP contribution in [0.4, 0.5) is 0 Å². The minimum atomic E-state index is -1.99. The van der Waals surface area contributed by atoms with Gasteiger partial charge in [-0.1, -0.05) is 118 Å². The lowest BCUT2D eigenvalue weighted by Crippen LogP contribution is -2.52. The molecule has 0 unspecified atom stereocenters. The third kappa shape index (κ3) is 5.04. The zero-order chi connectivity index (χ0) is 28.3. The first-order valence-corrected chi connectivity index (χ1v) is 20.9. The van der Waals surface area contributed by atoms with Crippen LogP contribution < -0.4 is 14.9 Å². The van der Waals surface area contributed by atoms with Crippen LogP contribution in [0.3, 0.4) is 0 Å². The molecule has 0 spiro atoms. The van der Waals surface area contributed by atoms with Gasteiger partial charge >= 0.3 is 0 Å². The van der Waals surface area contributed by atoms with Crippen molar-refractivity contribution in [2.45, 2.75) is 66.9 Å². The Kier molecular flexibility index (Phi) is 6.44. The highest BCUT2D eigenvalue weighted by atomic mass is 32.1. The Hall–Kier alpha value is -2.61. The summed E-state index contributed by atoms with van der Waals surface area (Å²) >= 11 is 1.85. The van der Waals surface area contributed by atoms with E-state index in [2.05, 4.69) is 126 Å². The summed E-state index contributed by atoms with van der Waals surface area (Å²) < 4.78 is 11.1. The Morgan fingerprint density at radius 2 is 1.58 bits per heavy atom. The maximum absolute atomic E-state index is 8.53. The molecular weight excluding hydrogens is 513 g/mol. The van der Waals surface area contributed by atoms with E-state index < -0.39 is 16.1 Å². The molecule has 2 nitrogen and oxygen atoms in total. The highest BCUT2D eigenvalue weighted by Gasteiger charge is 2.32. The van der Waals surface area contributed by atoms with Gasteiger partial charge in [0.15, 0.2) is 0 Å². The fourth-order valence-electron chi connectivity index (χ4n) is 5.62. The van der Waals surface area contributed by atoms with E-state index in [1.807, 2.05) is 11.3 Å². The van der Waals surface area contributed by atoms with Gasteiger partial charge in [-0.2, -0.15) is 0 Å². The predicted molar refractivity (Wildman–Crippen MR) is 174 cm³/mol. The van der Waals surface area contributed by atoms with Crippen molar-refractivity contribution < 1.29 is 1.37 Å². The lowest BCUT2D eigenvalue weighted by Gasteiger charge is -2.24. The summed E-state index contributed by atoms with van der Waals surface area (Å²) in [6, 6.07) is 22.6. The van der Waals surface area contributed by atoms with Crippen molar-refractivity contribution in [3.05, 3.63) is 78.1 Å². The van der Waals surface area contributed by atoms with Gasteiger partial charge in [-0.3, -0.25) is 0 Å². The summed E-state index contributed by atoms with van der Waals surface area (Å²) in [5, 5.41) is 5.45. The van der Waals surface area contributed by atoms with Crippen molar-refractivity contribution in [1.29, 1.82) is 0 Å². The van der Waals surface area contributed by atoms with Crippen molar-refractivity contribution in [3.8, 4) is 11.3 Å². The normalized spacial score (nSPS) is 13.3. The molecule has 0 fully saturated rings. The third-order valence-electron chi connectivity index (χ3n) is 7.57. The molecule has 2 aromatic heterocycles. The second-order valence-electron chi connectivity index (χ2n) is 13.5. The Morgan fingerprint density at radius 3 is 2.24 bits per heavy atom. The van der Waals surface area contributed by atoms with Crippen molar-refractivity contribution in [2.75, 3.05) is 0 Å². The molecule has 5 heteroatoms. The van der Waals surface area contributed by atoms with Gasteiger partial charge in [0.25, 0.3) is 0 Å². The average molecular weight is 554 g/mol. The van der Waals surface area contributed by atoms with Gasteiger partial charge in [-0.05, 0) is 46.7 Å². The Bertz CT molecular complexity index is 1690. The van der Waals surface area contributed by atoms with Gasteiger partial charge in [0.05, 0.1) is 24.0 Å². The number of aryl methyl sites for hydroxylation is 1. The van der Waals surface area contributed by atoms with E-state index in [1.165, 1.54) is 36.8 Å². The van der Waals surface area contributed by atoms with Gasteiger partial charge in [-0.15, -0.1) is 11.3 Å². The van der Waals surface area contributed by atoms with E-state index >= 15 is 0 Å². The van der Waals surface area contributed by atoms with Crippen molar-refractivity contribution in [1.82, 2.24) is 9.97 Å². The van der Waals surface area contributed by atoms with Crippen LogP contribution in [0.25, 0.3) is 32.2 Å². The Labute approximate surface area is 235 Å². The minimum absolute atomic E-state index is 0.0960. The molecule has 5 aromatic rings. The van der Waals surface area contributed by atoms with Crippen molar-refractivity contribution in [3.63, 3.8) is 0 Å². The fraction of sp³-hybridized carbons (Fsp3) is 0.333. The molecule has 0 aliphatic rings. The molecule has 3 aromatic carbocycles. The second kappa shape index (κ2) is 9.54. The first kappa shape index (κ1) is 25.7. The minimum Gasteiger partial charge on any atom is -0.235 e. The van der Waals surface area contributed by atoms with Gasteiger partial charge in [0, 0.05) is 10.1 Å². The molecule has 0 bridgehead atoms. The quantitative estimate of drug-likeness (QED) is 0.208. The first-order chi connectivity index (χ1) is 18.1. The number of thiophene rings is 1. The Balaban J connectivity index is 1.67. The monoisotopic (exact) mass is 553 g/mol. The van der Waals surface area contributed by atoms with Crippen molar-refractivity contribution >= 4 is 63.3 Å². The number of hydrogen-bond donors (Lipinski definition) is 0. The van der Waals surface area contributed by atoms with Crippen LogP contribution in [0.15, 0.2) is 67.0 Å². The number of hydrogen-bond acceptors (Lipinski definition) is 3. The van der Waals surface area contributed by atoms with Crippen LogP contribution in [0, 0.1) is 12.3 Å². The lowest BCUT2D eigenvalue weighted by atomic mass is 9.88. The van der Waals surface area contributed by atoms with Crippen LogP contribution in [0.5, 0.6) is 0 Å². The fourth-order valence-corrected chi connectivity index (χ4v) is 12.3. The molecule has 0 amide bonds. The number of fused-ring (bicyclic) bond motifs is 2. The summed E-state index contributed by atoms with van der Waals surface area (Å²) in [4.78, 5) is 9.43. The third-order valence-corrected chi connectivity index (χ3v) is 15.8. The van der Waals surface area contributed by atoms with E-state index in [9.17, 15) is 0 Å². The molecule has 0 aliphatic carbocycles. The molecule has 0 radical (unpaired) electrons. The lowest BCUT2D eigenvalue weighted by molar-refractivity contribution is 0.411. The SMILES string of the molecule is [2H]c1nc(-c2cc([Si](C)(C)C)c3ccccc3c2)c2sc([Si](C)(C)c3ccc(CC(C)(C)C)cc3)c(C)c2n1. The number of rotatable bonds is 5. The summed E-state index contributed by atoms with van der Waals surface area (Å²) in [5.41, 5.74) is 5.83. The number of benzene rings is 3. The molecule has 0 N–H and O–H groups in total. The second-order valence-corrected chi connectivity index (χ2v) is 24.2. The average Bonchev–Trinajstić information content (AvgIpc) is 3.18. The molecule has 38 heavy (non-hydrogen) atoms. The van der Waals surface area contributed by atoms with E-state index in [4.69, 9.17) is 6.35 Å². The highest BCUT2D eigenvalue weighted by Crippen LogP contribution is 2.34. The zero-order valence-corrected chi connectivity index (χ0v) is 27.1. The number of aromatic nitrogens is 2. The van der Waals surface area contributed by atoms with Gasteiger partial charge in [0.1, 0.15) is 15.7 Å². The molecule has 196 valence electrons. The summed E-state index contributed by atoms with van der Waals surface area (Å²) in [5.74, 6) is 0.